The van der Waals surface area contributed by atoms with Gasteiger partial charge in [0.1, 0.15) is 5.75 Å². The van der Waals surface area contributed by atoms with Crippen molar-refractivity contribution in [1.82, 2.24) is 0 Å². The molecule has 1 aliphatic heterocycles. The Kier molecular flexibility index (Phi) is 7.81. The van der Waals surface area contributed by atoms with Crippen molar-refractivity contribution in [1.29, 1.82) is 0 Å². The molecule has 1 aliphatic rings. The Morgan fingerprint density at radius 2 is 1.63 bits per heavy atom. The molecule has 0 saturated carbocycles. The van der Waals surface area contributed by atoms with Crippen LogP contribution in [0.4, 0.5) is 0 Å². The quantitative estimate of drug-likeness (QED) is 0.467. The van der Waals surface area contributed by atoms with E-state index in [4.69, 9.17) is 30.5 Å². The van der Waals surface area contributed by atoms with Gasteiger partial charge in [0.2, 0.25) is 0 Å². The van der Waals surface area contributed by atoms with E-state index in [1.807, 2.05) is 0 Å². The van der Waals surface area contributed by atoms with Crippen LogP contribution in [0.3, 0.4) is 0 Å². The number of hydrogen-bond acceptors (Lipinski definition) is 8. The van der Waals surface area contributed by atoms with Gasteiger partial charge in [0.25, 0.3) is 0 Å². The van der Waals surface area contributed by atoms with Crippen molar-refractivity contribution in [2.75, 3.05) is 5.75 Å². The summed E-state index contributed by atoms with van der Waals surface area (Å²) in [5.74, 6) is -0.913. The summed E-state index contributed by atoms with van der Waals surface area (Å²) in [5, 5.41) is 0.517. The lowest BCUT2D eigenvalue weighted by Crippen LogP contribution is -2.55. The van der Waals surface area contributed by atoms with Crippen molar-refractivity contribution in [3.63, 3.8) is 0 Å². The summed E-state index contributed by atoms with van der Waals surface area (Å²) in [4.78, 5) is 34.5. The number of halogens is 2. The van der Waals surface area contributed by atoms with Gasteiger partial charge in [-0.1, -0.05) is 11.6 Å². The summed E-state index contributed by atoms with van der Waals surface area (Å²) < 4.78 is 22.5. The minimum Gasteiger partial charge on any atom is -0.476 e. The molecule has 1 aromatic rings. The smallest absolute Gasteiger partial charge is 0.303 e. The maximum absolute atomic E-state index is 11.6. The molecule has 10 heteroatoms. The lowest BCUT2D eigenvalue weighted by atomic mass is 10.1. The number of esters is 3. The highest BCUT2D eigenvalue weighted by Gasteiger charge is 2.47. The van der Waals surface area contributed by atoms with Crippen LogP contribution in [0.5, 0.6) is 5.75 Å². The van der Waals surface area contributed by atoms with E-state index < -0.39 is 41.7 Å². The van der Waals surface area contributed by atoms with E-state index >= 15 is 0 Å². The molecule has 1 saturated heterocycles. The molecule has 0 spiro atoms. The number of carbonyl (C=O) groups excluding carboxylic acids is 3. The second kappa shape index (κ2) is 9.66. The van der Waals surface area contributed by atoms with E-state index in [2.05, 4.69) is 15.9 Å². The van der Waals surface area contributed by atoms with Crippen molar-refractivity contribution < 1.29 is 33.3 Å². The molecule has 1 heterocycles. The van der Waals surface area contributed by atoms with Crippen LogP contribution in [-0.2, 0) is 28.6 Å². The van der Waals surface area contributed by atoms with Gasteiger partial charge >= 0.3 is 17.9 Å². The molecule has 0 bridgehead atoms. The van der Waals surface area contributed by atoms with Crippen LogP contribution in [0.1, 0.15) is 20.8 Å². The standard InChI is InChI=1S/C17H18BrClO7S/c1-8(20)23-14-7-27-17(26-11-4-5-13(19)12(18)6-11)16(25-10(3)22)15(14)24-9(2)21/h4-6,14-17H,7H2,1-3H3/t14-,15+,16-,17-/m1/s1. The van der Waals surface area contributed by atoms with Crippen LogP contribution in [-0.4, -0.2) is 47.4 Å². The Morgan fingerprint density at radius 1 is 1.04 bits per heavy atom. The molecule has 7 nitrogen and oxygen atoms in total. The Balaban J connectivity index is 2.28. The van der Waals surface area contributed by atoms with Gasteiger partial charge in [-0.3, -0.25) is 14.4 Å². The van der Waals surface area contributed by atoms with Gasteiger partial charge in [-0.2, -0.15) is 0 Å². The van der Waals surface area contributed by atoms with E-state index in [-0.39, 0.29) is 0 Å². The second-order valence-corrected chi connectivity index (χ2v) is 8.08. The fraction of sp³-hybridized carbons (Fsp3) is 0.471. The molecule has 4 atom stereocenters. The van der Waals surface area contributed by atoms with E-state index in [9.17, 15) is 14.4 Å². The van der Waals surface area contributed by atoms with Crippen LogP contribution in [0.2, 0.25) is 5.02 Å². The summed E-state index contributed by atoms with van der Waals surface area (Å²) in [5.41, 5.74) is -0.682. The largest absolute Gasteiger partial charge is 0.476 e. The van der Waals surface area contributed by atoms with Gasteiger partial charge in [-0.15, -0.1) is 11.8 Å². The first-order valence-electron chi connectivity index (χ1n) is 7.92. The normalized spacial score (nSPS) is 24.6. The Labute approximate surface area is 174 Å². The predicted molar refractivity (Wildman–Crippen MR) is 103 cm³/mol. The van der Waals surface area contributed by atoms with Crippen LogP contribution in [0, 0.1) is 0 Å². The summed E-state index contributed by atoms with van der Waals surface area (Å²) in [6.45, 7) is 3.72. The van der Waals surface area contributed by atoms with Crippen LogP contribution in [0.15, 0.2) is 22.7 Å². The van der Waals surface area contributed by atoms with Crippen molar-refractivity contribution in [2.45, 2.75) is 44.5 Å². The fourth-order valence-electron chi connectivity index (χ4n) is 2.49. The molecule has 2 rings (SSSR count). The SMILES string of the molecule is CC(=O)O[C@@H]1[C@@H](OC(C)=O)[C@H](OC(C)=O)CS[C@H]1Oc1ccc(Cl)c(Br)c1. The van der Waals surface area contributed by atoms with E-state index in [1.165, 1.54) is 32.5 Å². The zero-order chi connectivity index (χ0) is 20.1. The minimum atomic E-state index is -0.989. The molecule has 148 valence electrons. The third kappa shape index (κ3) is 6.29. The van der Waals surface area contributed by atoms with Crippen molar-refractivity contribution in [3.05, 3.63) is 27.7 Å². The van der Waals surface area contributed by atoms with Gasteiger partial charge in [-0.05, 0) is 34.1 Å². The number of hydrogen-bond donors (Lipinski definition) is 0. The highest BCUT2D eigenvalue weighted by molar-refractivity contribution is 9.10. The minimum absolute atomic E-state index is 0.300. The summed E-state index contributed by atoms with van der Waals surface area (Å²) in [6, 6.07) is 4.99. The van der Waals surface area contributed by atoms with Crippen molar-refractivity contribution >= 4 is 57.2 Å². The first-order valence-corrected chi connectivity index (χ1v) is 10.1. The molecule has 0 aromatic heterocycles. The third-order valence-electron chi connectivity index (χ3n) is 3.45. The molecule has 0 N–H and O–H groups in total. The highest BCUT2D eigenvalue weighted by Crippen LogP contribution is 2.35. The molecule has 1 aromatic carbocycles. The van der Waals surface area contributed by atoms with E-state index in [0.29, 0.717) is 21.0 Å². The molecule has 0 unspecified atom stereocenters. The third-order valence-corrected chi connectivity index (χ3v) is 5.88. The lowest BCUT2D eigenvalue weighted by molar-refractivity contribution is -0.186. The first kappa shape index (κ1) is 21.8. The average molecular weight is 482 g/mol. The summed E-state index contributed by atoms with van der Waals surface area (Å²) >= 11 is 10.6. The van der Waals surface area contributed by atoms with Gasteiger partial charge in [0.15, 0.2) is 23.7 Å². The zero-order valence-corrected chi connectivity index (χ0v) is 17.9. The predicted octanol–water partition coefficient (Wildman–Crippen LogP) is 3.35. The molecule has 27 heavy (non-hydrogen) atoms. The van der Waals surface area contributed by atoms with E-state index in [1.54, 1.807) is 18.2 Å². The molecule has 0 amide bonds. The number of benzene rings is 1. The number of thioether (sulfide) groups is 1. The topological polar surface area (TPSA) is 88.1 Å². The molecule has 0 aliphatic carbocycles. The Hall–Kier alpha value is -1.45. The van der Waals surface area contributed by atoms with Gasteiger partial charge < -0.3 is 18.9 Å². The lowest BCUT2D eigenvalue weighted by Gasteiger charge is -2.39. The summed E-state index contributed by atoms with van der Waals surface area (Å²) in [6.07, 6.45) is -2.72. The second-order valence-electron chi connectivity index (χ2n) is 5.69. The van der Waals surface area contributed by atoms with Crippen LogP contribution in [0.25, 0.3) is 0 Å². The average Bonchev–Trinajstić information content (AvgIpc) is 2.55. The van der Waals surface area contributed by atoms with Crippen molar-refractivity contribution in [2.24, 2.45) is 0 Å². The van der Waals surface area contributed by atoms with Gasteiger partial charge in [-0.25, -0.2) is 0 Å². The molecule has 1 fully saturated rings. The van der Waals surface area contributed by atoms with Crippen LogP contribution < -0.4 is 4.74 Å². The molecular weight excluding hydrogens is 464 g/mol. The first-order chi connectivity index (χ1) is 12.7. The van der Waals surface area contributed by atoms with Crippen molar-refractivity contribution in [3.8, 4) is 5.75 Å². The maximum Gasteiger partial charge on any atom is 0.303 e. The number of ether oxygens (including phenoxy) is 4. The number of carbonyl (C=O) groups is 3. The fourth-order valence-corrected chi connectivity index (χ4v) is 4.19. The molecular formula is C17H18BrClO7S. The van der Waals surface area contributed by atoms with E-state index in [0.717, 1.165) is 0 Å². The molecule has 0 radical (unpaired) electrons. The highest BCUT2D eigenvalue weighted by atomic mass is 79.9. The Morgan fingerprint density at radius 3 is 2.19 bits per heavy atom. The summed E-state index contributed by atoms with van der Waals surface area (Å²) in [7, 11) is 0. The zero-order valence-electron chi connectivity index (χ0n) is 14.8. The Bertz CT molecular complexity index is 729. The maximum atomic E-state index is 11.6. The monoisotopic (exact) mass is 480 g/mol. The van der Waals surface area contributed by atoms with Gasteiger partial charge in [0, 0.05) is 31.0 Å². The van der Waals surface area contributed by atoms with Crippen LogP contribution >= 0.6 is 39.3 Å². The van der Waals surface area contributed by atoms with Gasteiger partial charge in [0.05, 0.1) is 5.02 Å². The number of rotatable bonds is 5.